The zero-order valence-electron chi connectivity index (χ0n) is 15.7. The summed E-state index contributed by atoms with van der Waals surface area (Å²) in [4.78, 5) is 39.3. The number of piperazine rings is 1. The first-order valence-electron chi connectivity index (χ1n) is 9.85. The van der Waals surface area contributed by atoms with Gasteiger partial charge in [-0.3, -0.25) is 24.6 Å². The van der Waals surface area contributed by atoms with Crippen molar-refractivity contribution in [1.29, 1.82) is 0 Å². The number of nitro benzene ring substituents is 1. The predicted molar refractivity (Wildman–Crippen MR) is 103 cm³/mol. The third kappa shape index (κ3) is 4.59. The minimum absolute atomic E-state index is 0.0490. The van der Waals surface area contributed by atoms with Crippen LogP contribution in [-0.2, 0) is 4.79 Å². The van der Waals surface area contributed by atoms with Crippen LogP contribution in [0.5, 0.6) is 0 Å². The average molecular weight is 387 g/mol. The molecule has 0 spiro atoms. The van der Waals surface area contributed by atoms with E-state index in [2.05, 4.69) is 15.5 Å². The highest BCUT2D eigenvalue weighted by Gasteiger charge is 2.29. The van der Waals surface area contributed by atoms with Crippen molar-refractivity contribution in [3.05, 3.63) is 33.9 Å². The van der Waals surface area contributed by atoms with E-state index in [4.69, 9.17) is 0 Å². The highest BCUT2D eigenvalue weighted by molar-refractivity contribution is 5.96. The van der Waals surface area contributed by atoms with Gasteiger partial charge in [0.2, 0.25) is 5.91 Å². The highest BCUT2D eigenvalue weighted by atomic mass is 16.6. The molecule has 150 valence electrons. The summed E-state index contributed by atoms with van der Waals surface area (Å²) in [5.41, 5.74) is 0.788. The van der Waals surface area contributed by atoms with Gasteiger partial charge in [-0.1, -0.05) is 0 Å². The molecule has 1 aromatic rings. The Kier molecular flexibility index (Phi) is 5.17. The van der Waals surface area contributed by atoms with Crippen LogP contribution in [0.3, 0.4) is 0 Å². The number of carbonyl (C=O) groups excluding carboxylic acids is 2. The third-order valence-corrected chi connectivity index (χ3v) is 5.37. The normalized spacial score (nSPS) is 19.9. The lowest BCUT2D eigenvalue weighted by Gasteiger charge is -2.35. The first kappa shape index (κ1) is 18.7. The number of nitrogens with one attached hydrogen (secondary N) is 2. The van der Waals surface area contributed by atoms with Crippen LogP contribution in [0.15, 0.2) is 18.2 Å². The molecule has 3 aliphatic rings. The van der Waals surface area contributed by atoms with E-state index in [1.54, 1.807) is 12.1 Å². The summed E-state index contributed by atoms with van der Waals surface area (Å²) in [5.74, 6) is -0.211. The molecular formula is C19H25N5O4. The minimum Gasteiger partial charge on any atom is -0.363 e. The Morgan fingerprint density at radius 2 is 1.68 bits per heavy atom. The number of benzene rings is 1. The lowest BCUT2D eigenvalue weighted by molar-refractivity contribution is -0.384. The second-order valence-electron chi connectivity index (χ2n) is 7.81. The van der Waals surface area contributed by atoms with Gasteiger partial charge in [-0.25, -0.2) is 0 Å². The molecule has 1 aromatic carbocycles. The van der Waals surface area contributed by atoms with Crippen molar-refractivity contribution in [1.82, 2.24) is 15.5 Å². The molecule has 9 heteroatoms. The van der Waals surface area contributed by atoms with Crippen LogP contribution >= 0.6 is 0 Å². The molecular weight excluding hydrogens is 362 g/mol. The zero-order chi connectivity index (χ0) is 19.7. The lowest BCUT2D eigenvalue weighted by atomic mass is 10.1. The van der Waals surface area contributed by atoms with E-state index in [9.17, 15) is 19.7 Å². The number of rotatable bonds is 7. The van der Waals surface area contributed by atoms with Crippen molar-refractivity contribution in [3.8, 4) is 0 Å². The lowest BCUT2D eigenvalue weighted by Crippen LogP contribution is -2.49. The molecule has 0 aromatic heterocycles. The Labute approximate surface area is 163 Å². The fourth-order valence-electron chi connectivity index (χ4n) is 3.43. The molecule has 3 fully saturated rings. The van der Waals surface area contributed by atoms with Gasteiger partial charge in [-0.2, -0.15) is 0 Å². The van der Waals surface area contributed by atoms with Gasteiger partial charge >= 0.3 is 0 Å². The first-order valence-corrected chi connectivity index (χ1v) is 9.85. The number of nitro groups is 1. The molecule has 9 nitrogen and oxygen atoms in total. The second-order valence-corrected chi connectivity index (χ2v) is 7.81. The summed E-state index contributed by atoms with van der Waals surface area (Å²) in [7, 11) is 0. The second kappa shape index (κ2) is 7.75. The molecule has 4 rings (SSSR count). The summed E-state index contributed by atoms with van der Waals surface area (Å²) in [6, 6.07) is 5.23. The molecule has 2 N–H and O–H groups in total. The van der Waals surface area contributed by atoms with Crippen LogP contribution < -0.4 is 15.5 Å². The number of hydrogen-bond acceptors (Lipinski definition) is 6. The number of amides is 2. The van der Waals surface area contributed by atoms with Crippen LogP contribution in [-0.4, -0.2) is 66.4 Å². The quantitative estimate of drug-likeness (QED) is 0.531. The van der Waals surface area contributed by atoms with E-state index in [1.165, 1.54) is 6.07 Å². The monoisotopic (exact) mass is 387 g/mol. The number of carbonyl (C=O) groups is 2. The Morgan fingerprint density at radius 1 is 1.04 bits per heavy atom. The average Bonchev–Trinajstić information content (AvgIpc) is 3.59. The van der Waals surface area contributed by atoms with E-state index >= 15 is 0 Å². The van der Waals surface area contributed by atoms with Crippen molar-refractivity contribution in [2.75, 3.05) is 37.6 Å². The Bertz CT molecular complexity index is 783. The molecule has 2 aliphatic carbocycles. The number of anilines is 1. The maximum atomic E-state index is 12.2. The highest BCUT2D eigenvalue weighted by Crippen LogP contribution is 2.30. The van der Waals surface area contributed by atoms with Gasteiger partial charge in [0, 0.05) is 49.9 Å². The summed E-state index contributed by atoms with van der Waals surface area (Å²) in [6.07, 6.45) is 4.07. The van der Waals surface area contributed by atoms with Gasteiger partial charge in [-0.15, -0.1) is 0 Å². The van der Waals surface area contributed by atoms with Crippen molar-refractivity contribution in [3.63, 3.8) is 0 Å². The van der Waals surface area contributed by atoms with E-state index in [0.29, 0.717) is 50.0 Å². The molecule has 0 atom stereocenters. The van der Waals surface area contributed by atoms with Crippen molar-refractivity contribution in [2.24, 2.45) is 0 Å². The smallest absolute Gasteiger partial charge is 0.293 e. The van der Waals surface area contributed by atoms with Gasteiger partial charge in [0.1, 0.15) is 5.69 Å². The standard InChI is InChI=1S/C19H25N5O4/c25-18(20-14-2-3-14)12-22-7-9-23(10-8-22)16-6-1-13(11-17(16)24(27)28)19(26)21-15-4-5-15/h1,6,11,14-15H,2-5,7-10,12H2,(H,20,25)(H,21,26). The van der Waals surface area contributed by atoms with Gasteiger partial charge in [0.05, 0.1) is 11.5 Å². The van der Waals surface area contributed by atoms with Gasteiger partial charge in [-0.05, 0) is 37.8 Å². The topological polar surface area (TPSA) is 108 Å². The molecule has 1 aliphatic heterocycles. The van der Waals surface area contributed by atoms with E-state index in [-0.39, 0.29) is 23.5 Å². The van der Waals surface area contributed by atoms with Gasteiger partial charge in [0.25, 0.3) is 11.6 Å². The van der Waals surface area contributed by atoms with Crippen LogP contribution in [0.4, 0.5) is 11.4 Å². The van der Waals surface area contributed by atoms with E-state index in [1.807, 2.05) is 4.90 Å². The largest absolute Gasteiger partial charge is 0.363 e. The summed E-state index contributed by atoms with van der Waals surface area (Å²) >= 11 is 0. The molecule has 0 radical (unpaired) electrons. The fourth-order valence-corrected chi connectivity index (χ4v) is 3.43. The number of nitrogens with zero attached hydrogens (tertiary/aromatic N) is 3. The SMILES string of the molecule is O=C(CN1CCN(c2ccc(C(=O)NC3CC3)cc2[N+](=O)[O-])CC1)NC1CC1. The zero-order valence-corrected chi connectivity index (χ0v) is 15.7. The van der Waals surface area contributed by atoms with Crippen molar-refractivity contribution < 1.29 is 14.5 Å². The van der Waals surface area contributed by atoms with E-state index < -0.39 is 4.92 Å². The number of hydrogen-bond donors (Lipinski definition) is 2. The molecule has 0 unspecified atom stereocenters. The van der Waals surface area contributed by atoms with Gasteiger partial charge < -0.3 is 15.5 Å². The fraction of sp³-hybridized carbons (Fsp3) is 0.579. The van der Waals surface area contributed by atoms with Crippen LogP contribution in [0.1, 0.15) is 36.0 Å². The molecule has 28 heavy (non-hydrogen) atoms. The summed E-state index contributed by atoms with van der Waals surface area (Å²) in [5, 5.41) is 17.4. The summed E-state index contributed by atoms with van der Waals surface area (Å²) < 4.78 is 0. The molecule has 1 heterocycles. The first-order chi connectivity index (χ1) is 13.5. The van der Waals surface area contributed by atoms with Crippen LogP contribution in [0.2, 0.25) is 0 Å². The van der Waals surface area contributed by atoms with Crippen LogP contribution in [0, 0.1) is 10.1 Å². The molecule has 1 saturated heterocycles. The Balaban J connectivity index is 1.38. The molecule has 0 bridgehead atoms. The maximum Gasteiger partial charge on any atom is 0.293 e. The Morgan fingerprint density at radius 3 is 2.29 bits per heavy atom. The van der Waals surface area contributed by atoms with Gasteiger partial charge in [0.15, 0.2) is 0 Å². The Hall–Kier alpha value is -2.68. The van der Waals surface area contributed by atoms with Crippen molar-refractivity contribution >= 4 is 23.2 Å². The summed E-state index contributed by atoms with van der Waals surface area (Å²) in [6.45, 7) is 2.90. The third-order valence-electron chi connectivity index (χ3n) is 5.37. The van der Waals surface area contributed by atoms with E-state index in [0.717, 1.165) is 25.7 Å². The van der Waals surface area contributed by atoms with Crippen molar-refractivity contribution in [2.45, 2.75) is 37.8 Å². The maximum absolute atomic E-state index is 12.2. The minimum atomic E-state index is -0.432. The van der Waals surface area contributed by atoms with Crippen LogP contribution in [0.25, 0.3) is 0 Å². The predicted octanol–water partition coefficient (Wildman–Crippen LogP) is 0.888. The molecule has 2 saturated carbocycles. The molecule has 2 amide bonds.